The van der Waals surface area contributed by atoms with E-state index >= 15 is 0 Å². The van der Waals surface area contributed by atoms with Crippen LogP contribution in [0, 0.1) is 0 Å². The minimum Gasteiger partial charge on any atom is -0.352 e. The van der Waals surface area contributed by atoms with Crippen LogP contribution < -0.4 is 10.2 Å². The first kappa shape index (κ1) is 9.06. The number of fused-ring (bicyclic) bond motifs is 1. The number of hydrogen-bond donors (Lipinski definition) is 1. The van der Waals surface area contributed by atoms with Crippen molar-refractivity contribution in [3.05, 3.63) is 29.8 Å². The lowest BCUT2D eigenvalue weighted by Gasteiger charge is -2.42. The molecule has 0 atom stereocenters. The summed E-state index contributed by atoms with van der Waals surface area (Å²) in [5.74, 6) is 0.00343. The van der Waals surface area contributed by atoms with E-state index in [9.17, 15) is 4.79 Å². The van der Waals surface area contributed by atoms with Gasteiger partial charge in [-0.2, -0.15) is 0 Å². The Labute approximate surface area is 83.7 Å². The number of para-hydroxylation sites is 1. The van der Waals surface area contributed by atoms with E-state index in [1.807, 2.05) is 45.2 Å². The first-order valence-electron chi connectivity index (χ1n) is 4.68. The van der Waals surface area contributed by atoms with Crippen molar-refractivity contribution >= 4 is 11.6 Å². The highest BCUT2D eigenvalue weighted by atomic mass is 16.2. The summed E-state index contributed by atoms with van der Waals surface area (Å²) in [6, 6.07) is 7.64. The topological polar surface area (TPSA) is 32.3 Å². The summed E-state index contributed by atoms with van der Waals surface area (Å²) in [6.07, 6.45) is 0. The molecule has 74 valence electrons. The molecule has 1 aliphatic heterocycles. The molecule has 14 heavy (non-hydrogen) atoms. The molecule has 0 radical (unpaired) electrons. The Hall–Kier alpha value is -1.51. The van der Waals surface area contributed by atoms with Gasteiger partial charge in [0.05, 0.1) is 11.3 Å². The monoisotopic (exact) mass is 190 g/mol. The average Bonchev–Trinajstić information content (AvgIpc) is 2.14. The fraction of sp³-hybridized carbons (Fsp3) is 0.364. The maximum absolute atomic E-state index is 11.7. The van der Waals surface area contributed by atoms with Crippen LogP contribution in [0.5, 0.6) is 0 Å². The average molecular weight is 190 g/mol. The zero-order chi connectivity index (χ0) is 10.3. The lowest BCUT2D eigenvalue weighted by Crippen LogP contribution is -2.58. The van der Waals surface area contributed by atoms with E-state index in [-0.39, 0.29) is 11.6 Å². The Morgan fingerprint density at radius 1 is 1.29 bits per heavy atom. The van der Waals surface area contributed by atoms with Crippen molar-refractivity contribution in [3.63, 3.8) is 0 Å². The van der Waals surface area contributed by atoms with Crippen LogP contribution in [0.15, 0.2) is 24.3 Å². The lowest BCUT2D eigenvalue weighted by atomic mass is 10.0. The highest BCUT2D eigenvalue weighted by molar-refractivity contribution is 6.02. The largest absolute Gasteiger partial charge is 0.352 e. The van der Waals surface area contributed by atoms with Crippen molar-refractivity contribution in [2.45, 2.75) is 19.5 Å². The third-order valence-corrected chi connectivity index (χ3v) is 2.77. The Bertz CT molecular complexity index is 385. The molecule has 0 saturated carbocycles. The molecule has 1 aliphatic rings. The number of carbonyl (C=O) groups excluding carboxylic acids is 1. The molecule has 0 unspecified atom stereocenters. The Balaban J connectivity index is 2.57. The minimum absolute atomic E-state index is 0.00343. The molecule has 0 fully saturated rings. The zero-order valence-electron chi connectivity index (χ0n) is 8.66. The molecule has 1 aromatic carbocycles. The molecule has 2 rings (SSSR count). The molecule has 0 aliphatic carbocycles. The van der Waals surface area contributed by atoms with Gasteiger partial charge in [-0.05, 0) is 26.0 Å². The van der Waals surface area contributed by atoms with E-state index in [0.29, 0.717) is 0 Å². The normalized spacial score (nSPS) is 18.8. The van der Waals surface area contributed by atoms with Gasteiger partial charge in [-0.15, -0.1) is 0 Å². The number of nitrogens with one attached hydrogen (secondary N) is 1. The van der Waals surface area contributed by atoms with Crippen LogP contribution in [0.2, 0.25) is 0 Å². The van der Waals surface area contributed by atoms with Crippen LogP contribution in [-0.4, -0.2) is 18.6 Å². The molecule has 1 amide bonds. The van der Waals surface area contributed by atoms with Crippen molar-refractivity contribution in [2.75, 3.05) is 11.9 Å². The molecule has 3 nitrogen and oxygen atoms in total. The molecular formula is C11H14N2O. The second-order valence-electron chi connectivity index (χ2n) is 4.09. The number of carbonyl (C=O) groups is 1. The summed E-state index contributed by atoms with van der Waals surface area (Å²) in [4.78, 5) is 13.8. The maximum Gasteiger partial charge on any atom is 0.255 e. The molecule has 1 aromatic rings. The van der Waals surface area contributed by atoms with Gasteiger partial charge in [0.25, 0.3) is 5.91 Å². The molecule has 1 heterocycles. The van der Waals surface area contributed by atoms with Gasteiger partial charge in [0.2, 0.25) is 0 Å². The fourth-order valence-electron chi connectivity index (χ4n) is 1.69. The number of hydrogen-bond acceptors (Lipinski definition) is 2. The molecule has 0 spiro atoms. The van der Waals surface area contributed by atoms with E-state index < -0.39 is 0 Å². The van der Waals surface area contributed by atoms with Gasteiger partial charge in [0.15, 0.2) is 0 Å². The molecular weight excluding hydrogens is 176 g/mol. The summed E-state index contributed by atoms with van der Waals surface area (Å²) >= 11 is 0. The van der Waals surface area contributed by atoms with Gasteiger partial charge < -0.3 is 10.2 Å². The predicted octanol–water partition coefficient (Wildman–Crippen LogP) is 1.60. The summed E-state index contributed by atoms with van der Waals surface area (Å²) in [6.45, 7) is 3.97. The second-order valence-corrected chi connectivity index (χ2v) is 4.09. The minimum atomic E-state index is -0.314. The summed E-state index contributed by atoms with van der Waals surface area (Å²) < 4.78 is 0. The standard InChI is InChI=1S/C11H14N2O/c1-11(2)12-10(14)8-6-4-5-7-9(8)13(11)3/h4-7H,1-3H3,(H,12,14). The van der Waals surface area contributed by atoms with Gasteiger partial charge in [-0.25, -0.2) is 0 Å². The van der Waals surface area contributed by atoms with Crippen LogP contribution in [0.3, 0.4) is 0 Å². The summed E-state index contributed by atoms with van der Waals surface area (Å²) in [5, 5.41) is 2.95. The van der Waals surface area contributed by atoms with Crippen molar-refractivity contribution < 1.29 is 4.79 Å². The molecule has 0 saturated heterocycles. The first-order valence-corrected chi connectivity index (χ1v) is 4.68. The van der Waals surface area contributed by atoms with Crippen LogP contribution in [0.1, 0.15) is 24.2 Å². The predicted molar refractivity (Wildman–Crippen MR) is 56.4 cm³/mol. The fourth-order valence-corrected chi connectivity index (χ4v) is 1.69. The molecule has 0 bridgehead atoms. The van der Waals surface area contributed by atoms with Crippen LogP contribution >= 0.6 is 0 Å². The highest BCUT2D eigenvalue weighted by Gasteiger charge is 2.33. The van der Waals surface area contributed by atoms with Crippen LogP contribution in [0.4, 0.5) is 5.69 Å². The highest BCUT2D eigenvalue weighted by Crippen LogP contribution is 2.28. The van der Waals surface area contributed by atoms with Gasteiger partial charge in [-0.3, -0.25) is 4.79 Å². The van der Waals surface area contributed by atoms with Crippen LogP contribution in [-0.2, 0) is 0 Å². The molecule has 0 aromatic heterocycles. The number of amides is 1. The van der Waals surface area contributed by atoms with E-state index in [0.717, 1.165) is 11.3 Å². The number of nitrogens with zero attached hydrogens (tertiary/aromatic N) is 1. The van der Waals surface area contributed by atoms with Crippen molar-refractivity contribution in [3.8, 4) is 0 Å². The molecule has 1 N–H and O–H groups in total. The quantitative estimate of drug-likeness (QED) is 0.674. The SMILES string of the molecule is CN1c2ccccc2C(=O)NC1(C)C. The summed E-state index contributed by atoms with van der Waals surface area (Å²) in [7, 11) is 1.98. The lowest BCUT2D eigenvalue weighted by molar-refractivity contribution is 0.0901. The Morgan fingerprint density at radius 2 is 1.93 bits per heavy atom. The zero-order valence-corrected chi connectivity index (χ0v) is 8.66. The van der Waals surface area contributed by atoms with E-state index in [1.54, 1.807) is 0 Å². The van der Waals surface area contributed by atoms with E-state index in [2.05, 4.69) is 10.2 Å². The number of anilines is 1. The van der Waals surface area contributed by atoms with Crippen LogP contribution in [0.25, 0.3) is 0 Å². The second kappa shape index (κ2) is 2.74. The van der Waals surface area contributed by atoms with Gasteiger partial charge in [0.1, 0.15) is 5.66 Å². The third-order valence-electron chi connectivity index (χ3n) is 2.77. The van der Waals surface area contributed by atoms with Gasteiger partial charge in [0, 0.05) is 7.05 Å². The van der Waals surface area contributed by atoms with E-state index in [4.69, 9.17) is 0 Å². The van der Waals surface area contributed by atoms with Gasteiger partial charge >= 0.3 is 0 Å². The Kier molecular flexibility index (Phi) is 1.77. The van der Waals surface area contributed by atoms with Crippen molar-refractivity contribution in [1.82, 2.24) is 5.32 Å². The first-order chi connectivity index (χ1) is 6.52. The number of benzene rings is 1. The van der Waals surface area contributed by atoms with Crippen molar-refractivity contribution in [1.29, 1.82) is 0 Å². The summed E-state index contributed by atoms with van der Waals surface area (Å²) in [5.41, 5.74) is 1.42. The third kappa shape index (κ3) is 1.16. The Morgan fingerprint density at radius 3 is 2.64 bits per heavy atom. The van der Waals surface area contributed by atoms with Crippen molar-refractivity contribution in [2.24, 2.45) is 0 Å². The van der Waals surface area contributed by atoms with E-state index in [1.165, 1.54) is 0 Å². The number of rotatable bonds is 0. The smallest absolute Gasteiger partial charge is 0.255 e. The molecule has 3 heteroatoms. The maximum atomic E-state index is 11.7. The van der Waals surface area contributed by atoms with Gasteiger partial charge in [-0.1, -0.05) is 12.1 Å².